The van der Waals surface area contributed by atoms with Gasteiger partial charge in [-0.2, -0.15) is 0 Å². The number of anilines is 1. The molecule has 0 spiro atoms. The van der Waals surface area contributed by atoms with Gasteiger partial charge in [0.2, 0.25) is 0 Å². The van der Waals surface area contributed by atoms with Gasteiger partial charge in [0, 0.05) is 18.5 Å². The molecule has 8 heteroatoms. The lowest BCUT2D eigenvalue weighted by atomic mass is 10.0. The van der Waals surface area contributed by atoms with Crippen LogP contribution in [0.1, 0.15) is 18.1 Å². The normalized spacial score (nSPS) is 13.3. The molecule has 2 heterocycles. The van der Waals surface area contributed by atoms with Crippen LogP contribution >= 0.6 is 0 Å². The minimum absolute atomic E-state index is 0.108. The second-order valence-electron chi connectivity index (χ2n) is 7.46. The number of aromatic nitrogens is 1. The van der Waals surface area contributed by atoms with Gasteiger partial charge in [-0.25, -0.2) is 0 Å². The van der Waals surface area contributed by atoms with Gasteiger partial charge in [0.15, 0.2) is 0 Å². The fraction of sp³-hybridized carbons (Fsp3) is 0.192. The Morgan fingerprint density at radius 1 is 0.941 bits per heavy atom. The highest BCUT2D eigenvalue weighted by atomic mass is 16.5. The third-order valence-corrected chi connectivity index (χ3v) is 5.35. The van der Waals surface area contributed by atoms with Gasteiger partial charge in [0.05, 0.1) is 38.6 Å². The minimum Gasteiger partial charge on any atom is -0.497 e. The monoisotopic (exact) mass is 459 g/mol. The van der Waals surface area contributed by atoms with Gasteiger partial charge >= 0.3 is 0 Å². The number of pyridine rings is 1. The number of imide groups is 1. The molecule has 3 aromatic rings. The second kappa shape index (κ2) is 10.1. The highest BCUT2D eigenvalue weighted by Gasteiger charge is 2.39. The molecule has 2 amide bonds. The first kappa shape index (κ1) is 22.8. The maximum Gasteiger partial charge on any atom is 0.278 e. The van der Waals surface area contributed by atoms with Crippen LogP contribution in [-0.2, 0) is 16.1 Å². The lowest BCUT2D eigenvalue weighted by molar-refractivity contribution is -0.137. The summed E-state index contributed by atoms with van der Waals surface area (Å²) in [5, 5.41) is 3.14. The first-order valence-electron chi connectivity index (χ1n) is 10.8. The molecular weight excluding hydrogens is 434 g/mol. The predicted octanol–water partition coefficient (Wildman–Crippen LogP) is 3.89. The van der Waals surface area contributed by atoms with Crippen LogP contribution in [0.2, 0.25) is 0 Å². The first-order valence-corrected chi connectivity index (χ1v) is 10.8. The van der Waals surface area contributed by atoms with Crippen molar-refractivity contribution in [3.63, 3.8) is 0 Å². The van der Waals surface area contributed by atoms with E-state index in [-0.39, 0.29) is 17.8 Å². The number of rotatable bonds is 9. The van der Waals surface area contributed by atoms with Crippen LogP contribution in [-0.4, -0.2) is 42.5 Å². The number of hydrogen-bond donors (Lipinski definition) is 1. The van der Waals surface area contributed by atoms with E-state index in [4.69, 9.17) is 14.2 Å². The smallest absolute Gasteiger partial charge is 0.278 e. The molecule has 1 aromatic heterocycles. The largest absolute Gasteiger partial charge is 0.497 e. The Bertz CT molecular complexity index is 1220. The van der Waals surface area contributed by atoms with Crippen LogP contribution in [0.3, 0.4) is 0 Å². The highest BCUT2D eigenvalue weighted by molar-refractivity contribution is 6.36. The molecule has 0 unspecified atom stereocenters. The van der Waals surface area contributed by atoms with Crippen molar-refractivity contribution in [1.29, 1.82) is 0 Å². The zero-order chi connectivity index (χ0) is 24.1. The van der Waals surface area contributed by atoms with Crippen LogP contribution in [0.5, 0.6) is 17.2 Å². The molecule has 4 rings (SSSR count). The van der Waals surface area contributed by atoms with Gasteiger partial charge in [0.25, 0.3) is 11.8 Å². The molecule has 1 N–H and O–H groups in total. The molecule has 0 radical (unpaired) electrons. The van der Waals surface area contributed by atoms with Crippen molar-refractivity contribution in [2.75, 3.05) is 26.1 Å². The number of amides is 2. The van der Waals surface area contributed by atoms with E-state index in [2.05, 4.69) is 10.3 Å². The van der Waals surface area contributed by atoms with E-state index in [1.807, 2.05) is 13.0 Å². The average molecular weight is 460 g/mol. The number of benzene rings is 2. The molecular formula is C26H25N3O5. The van der Waals surface area contributed by atoms with Gasteiger partial charge in [-0.1, -0.05) is 18.2 Å². The summed E-state index contributed by atoms with van der Waals surface area (Å²) in [5.74, 6) is 0.935. The number of carbonyl (C=O) groups is 2. The number of carbonyl (C=O) groups excluding carboxylic acids is 2. The Morgan fingerprint density at radius 2 is 1.71 bits per heavy atom. The molecule has 8 nitrogen and oxygen atoms in total. The first-order chi connectivity index (χ1) is 16.5. The SMILES string of the molecule is CCOc1ccc(C2=C(Nc3ccc(OC)cc3OC)C(=O)N(Cc3cccnc3)C2=O)cc1. The summed E-state index contributed by atoms with van der Waals surface area (Å²) in [7, 11) is 3.09. The quantitative estimate of drug-likeness (QED) is 0.486. The number of nitrogens with one attached hydrogen (secondary N) is 1. The van der Waals surface area contributed by atoms with Gasteiger partial charge < -0.3 is 19.5 Å². The van der Waals surface area contributed by atoms with Crippen LogP contribution in [0, 0.1) is 0 Å². The van der Waals surface area contributed by atoms with Crippen LogP contribution in [0.15, 0.2) is 72.7 Å². The summed E-state index contributed by atoms with van der Waals surface area (Å²) in [6.45, 7) is 2.54. The second-order valence-corrected chi connectivity index (χ2v) is 7.46. The van der Waals surface area contributed by atoms with Crippen molar-refractivity contribution in [3.8, 4) is 17.2 Å². The Labute approximate surface area is 197 Å². The van der Waals surface area contributed by atoms with E-state index in [0.717, 1.165) is 5.56 Å². The summed E-state index contributed by atoms with van der Waals surface area (Å²) in [6, 6.07) is 15.9. The van der Waals surface area contributed by atoms with Crippen LogP contribution in [0.4, 0.5) is 5.69 Å². The molecule has 0 atom stereocenters. The van der Waals surface area contributed by atoms with Crippen molar-refractivity contribution < 1.29 is 23.8 Å². The van der Waals surface area contributed by atoms with Crippen LogP contribution in [0.25, 0.3) is 5.57 Å². The van der Waals surface area contributed by atoms with Crippen molar-refractivity contribution in [1.82, 2.24) is 9.88 Å². The number of methoxy groups -OCH3 is 2. The van der Waals surface area contributed by atoms with Gasteiger partial charge in [0.1, 0.15) is 22.9 Å². The maximum atomic E-state index is 13.5. The number of nitrogens with zero attached hydrogens (tertiary/aromatic N) is 2. The third kappa shape index (κ3) is 4.56. The molecule has 1 aliphatic heterocycles. The van der Waals surface area contributed by atoms with E-state index in [0.29, 0.717) is 35.1 Å². The summed E-state index contributed by atoms with van der Waals surface area (Å²) >= 11 is 0. The molecule has 34 heavy (non-hydrogen) atoms. The Morgan fingerprint density at radius 3 is 2.35 bits per heavy atom. The van der Waals surface area contributed by atoms with Gasteiger partial charge in [-0.05, 0) is 48.4 Å². The topological polar surface area (TPSA) is 90.0 Å². The standard InChI is InChI=1S/C26H25N3O5/c1-4-34-19-9-7-18(8-10-19)23-24(28-21-12-11-20(32-2)14-22(21)33-3)26(31)29(25(23)30)16-17-6-5-13-27-15-17/h5-15,28H,4,16H2,1-3H3. The summed E-state index contributed by atoms with van der Waals surface area (Å²) in [6.07, 6.45) is 3.28. The highest BCUT2D eigenvalue weighted by Crippen LogP contribution is 2.36. The Balaban J connectivity index is 1.75. The molecule has 0 saturated heterocycles. The van der Waals surface area contributed by atoms with E-state index in [1.165, 1.54) is 12.0 Å². The predicted molar refractivity (Wildman–Crippen MR) is 127 cm³/mol. The summed E-state index contributed by atoms with van der Waals surface area (Å²) in [5.41, 5.74) is 2.33. The van der Waals surface area contributed by atoms with Crippen molar-refractivity contribution >= 4 is 23.1 Å². The van der Waals surface area contributed by atoms with Gasteiger partial charge in [-0.15, -0.1) is 0 Å². The fourth-order valence-electron chi connectivity index (χ4n) is 3.70. The average Bonchev–Trinajstić information content (AvgIpc) is 3.09. The molecule has 2 aromatic carbocycles. The molecule has 0 fully saturated rings. The minimum atomic E-state index is -0.435. The molecule has 1 aliphatic rings. The van der Waals surface area contributed by atoms with E-state index in [9.17, 15) is 9.59 Å². The fourth-order valence-corrected chi connectivity index (χ4v) is 3.70. The third-order valence-electron chi connectivity index (χ3n) is 5.35. The number of hydrogen-bond acceptors (Lipinski definition) is 7. The van der Waals surface area contributed by atoms with Crippen LogP contribution < -0.4 is 19.5 Å². The molecule has 0 bridgehead atoms. The van der Waals surface area contributed by atoms with E-state index < -0.39 is 11.8 Å². The van der Waals surface area contributed by atoms with Crippen molar-refractivity contribution in [2.24, 2.45) is 0 Å². The van der Waals surface area contributed by atoms with Crippen molar-refractivity contribution in [3.05, 3.63) is 83.8 Å². The zero-order valence-corrected chi connectivity index (χ0v) is 19.2. The Kier molecular flexibility index (Phi) is 6.77. The molecule has 0 aliphatic carbocycles. The molecule has 0 saturated carbocycles. The number of ether oxygens (including phenoxy) is 3. The van der Waals surface area contributed by atoms with E-state index in [1.54, 1.807) is 68.0 Å². The lowest BCUT2D eigenvalue weighted by Crippen LogP contribution is -2.32. The zero-order valence-electron chi connectivity index (χ0n) is 19.2. The summed E-state index contributed by atoms with van der Waals surface area (Å²) in [4.78, 5) is 32.3. The maximum absolute atomic E-state index is 13.5. The van der Waals surface area contributed by atoms with Gasteiger partial charge in [-0.3, -0.25) is 19.5 Å². The lowest BCUT2D eigenvalue weighted by Gasteiger charge is -2.16. The van der Waals surface area contributed by atoms with E-state index >= 15 is 0 Å². The van der Waals surface area contributed by atoms with Crippen molar-refractivity contribution in [2.45, 2.75) is 13.5 Å². The summed E-state index contributed by atoms with van der Waals surface area (Å²) < 4.78 is 16.2. The Hall–Kier alpha value is -4.33. The molecule has 174 valence electrons.